The van der Waals surface area contributed by atoms with Crippen LogP contribution in [0.1, 0.15) is 52.9 Å². The summed E-state index contributed by atoms with van der Waals surface area (Å²) in [6.07, 6.45) is 11.2. The third-order valence-corrected chi connectivity index (χ3v) is 6.20. The summed E-state index contributed by atoms with van der Waals surface area (Å²) in [4.78, 5) is 29.2. The molecule has 5 nitrogen and oxygen atoms in total. The monoisotopic (exact) mass is 345 g/mol. The number of allylic oxidation sites excluding steroid dienone is 2. The Labute approximate surface area is 150 Å². The number of hydrogen-bond acceptors (Lipinski definition) is 3. The summed E-state index contributed by atoms with van der Waals surface area (Å²) >= 11 is 0. The Bertz CT molecular complexity index is 578. The zero-order chi connectivity index (χ0) is 18.1. The van der Waals surface area contributed by atoms with Gasteiger partial charge in [-0.15, -0.1) is 0 Å². The Morgan fingerprint density at radius 3 is 2.44 bits per heavy atom. The van der Waals surface area contributed by atoms with E-state index in [0.29, 0.717) is 18.4 Å². The molecule has 1 aliphatic heterocycles. The normalized spacial score (nSPS) is 36.4. The molecule has 1 heterocycles. The van der Waals surface area contributed by atoms with Crippen LogP contribution in [0.2, 0.25) is 0 Å². The highest BCUT2D eigenvalue weighted by Gasteiger charge is 2.43. The highest BCUT2D eigenvalue weighted by molar-refractivity contribution is 5.75. The second-order valence-corrected chi connectivity index (χ2v) is 9.48. The minimum absolute atomic E-state index is 0.0555. The Morgan fingerprint density at radius 2 is 1.84 bits per heavy atom. The zero-order valence-corrected chi connectivity index (χ0v) is 15.8. The molecule has 0 aromatic carbocycles. The van der Waals surface area contributed by atoms with Gasteiger partial charge in [-0.3, -0.25) is 0 Å². The highest BCUT2D eigenvalue weighted by atomic mass is 16.2. The smallest absolute Gasteiger partial charge is 0.317 e. The van der Waals surface area contributed by atoms with Crippen molar-refractivity contribution in [1.82, 2.24) is 10.2 Å². The Kier molecular flexibility index (Phi) is 5.06. The largest absolute Gasteiger partial charge is 0.335 e. The second kappa shape index (κ2) is 6.95. The first kappa shape index (κ1) is 18.2. The first-order valence-corrected chi connectivity index (χ1v) is 9.54. The molecule has 25 heavy (non-hydrogen) atoms. The van der Waals surface area contributed by atoms with E-state index in [1.807, 2.05) is 4.90 Å². The van der Waals surface area contributed by atoms with Crippen molar-refractivity contribution in [1.29, 1.82) is 0 Å². The molecule has 4 unspecified atom stereocenters. The van der Waals surface area contributed by atoms with Gasteiger partial charge in [0.2, 0.25) is 6.08 Å². The second-order valence-electron chi connectivity index (χ2n) is 9.48. The van der Waals surface area contributed by atoms with Crippen molar-refractivity contribution >= 4 is 12.1 Å². The SMILES string of the molecule is CC1(C)CC(NC(=O)N2CC3CC=CCC3C2)CC(C)(CN=C=O)C1. The van der Waals surface area contributed by atoms with Gasteiger partial charge >= 0.3 is 6.03 Å². The van der Waals surface area contributed by atoms with Crippen LogP contribution < -0.4 is 5.32 Å². The Morgan fingerprint density at radius 1 is 1.20 bits per heavy atom. The molecule has 0 spiro atoms. The molecule has 2 aliphatic carbocycles. The van der Waals surface area contributed by atoms with E-state index in [0.717, 1.165) is 45.2 Å². The van der Waals surface area contributed by atoms with Gasteiger partial charge in [0.05, 0.1) is 6.54 Å². The van der Waals surface area contributed by atoms with Gasteiger partial charge in [0, 0.05) is 19.1 Å². The topological polar surface area (TPSA) is 61.8 Å². The van der Waals surface area contributed by atoms with E-state index in [-0.39, 0.29) is 22.9 Å². The predicted octanol–water partition coefficient (Wildman–Crippen LogP) is 3.51. The molecular formula is C20H31N3O2. The van der Waals surface area contributed by atoms with E-state index in [9.17, 15) is 9.59 Å². The fourth-order valence-corrected chi connectivity index (χ4v) is 5.53. The van der Waals surface area contributed by atoms with Crippen LogP contribution >= 0.6 is 0 Å². The minimum Gasteiger partial charge on any atom is -0.335 e. The number of carbonyl (C=O) groups is 1. The van der Waals surface area contributed by atoms with Crippen molar-refractivity contribution in [3.63, 3.8) is 0 Å². The predicted molar refractivity (Wildman–Crippen MR) is 98.0 cm³/mol. The lowest BCUT2D eigenvalue weighted by Crippen LogP contribution is -2.51. The molecule has 1 saturated heterocycles. The molecule has 1 saturated carbocycles. The van der Waals surface area contributed by atoms with Crippen molar-refractivity contribution in [2.75, 3.05) is 19.6 Å². The number of rotatable bonds is 3. The van der Waals surface area contributed by atoms with Gasteiger partial charge in [-0.05, 0) is 54.8 Å². The van der Waals surface area contributed by atoms with E-state index in [4.69, 9.17) is 0 Å². The van der Waals surface area contributed by atoms with Gasteiger partial charge in [0.25, 0.3) is 0 Å². The van der Waals surface area contributed by atoms with E-state index < -0.39 is 0 Å². The average Bonchev–Trinajstić information content (AvgIpc) is 2.95. The molecule has 0 aromatic rings. The minimum atomic E-state index is -0.0555. The van der Waals surface area contributed by atoms with Crippen molar-refractivity contribution in [3.05, 3.63) is 12.2 Å². The third kappa shape index (κ3) is 4.33. The summed E-state index contributed by atoms with van der Waals surface area (Å²) < 4.78 is 0. The third-order valence-electron chi connectivity index (χ3n) is 6.20. The van der Waals surface area contributed by atoms with Gasteiger partial charge in [0.15, 0.2) is 0 Å². The fraction of sp³-hybridized carbons (Fsp3) is 0.800. The number of aliphatic imine (C=N–C) groups is 1. The fourth-order valence-electron chi connectivity index (χ4n) is 5.53. The standard InChI is InChI=1S/C20H31N3O2/c1-19(2)8-17(9-20(3,12-19)13-21-14-24)22-18(25)23-10-15-6-4-5-7-16(15)11-23/h4-5,15-17H,6-13H2,1-3H3,(H,22,25). The first-order valence-electron chi connectivity index (χ1n) is 9.54. The van der Waals surface area contributed by atoms with Crippen LogP contribution in [-0.4, -0.2) is 42.7 Å². The van der Waals surface area contributed by atoms with Crippen LogP contribution in [0.15, 0.2) is 17.1 Å². The number of isocyanates is 1. The molecule has 4 atom stereocenters. The summed E-state index contributed by atoms with van der Waals surface area (Å²) in [5, 5.41) is 3.28. The maximum atomic E-state index is 12.8. The number of likely N-dealkylation sites (tertiary alicyclic amines) is 1. The zero-order valence-electron chi connectivity index (χ0n) is 15.8. The summed E-state index contributed by atoms with van der Waals surface area (Å²) in [6.45, 7) is 8.90. The number of hydrogen-bond donors (Lipinski definition) is 1. The number of nitrogens with zero attached hydrogens (tertiary/aromatic N) is 2. The van der Waals surface area contributed by atoms with Gasteiger partial charge in [-0.25, -0.2) is 14.6 Å². The molecular weight excluding hydrogens is 314 g/mol. The summed E-state index contributed by atoms with van der Waals surface area (Å²) in [5.74, 6) is 1.26. The lowest BCUT2D eigenvalue weighted by molar-refractivity contribution is 0.0783. The summed E-state index contributed by atoms with van der Waals surface area (Å²) in [6, 6.07) is 0.224. The quantitative estimate of drug-likeness (QED) is 0.483. The molecule has 1 N–H and O–H groups in total. The first-order chi connectivity index (χ1) is 11.8. The van der Waals surface area contributed by atoms with Crippen molar-refractivity contribution in [3.8, 4) is 0 Å². The van der Waals surface area contributed by atoms with Crippen LogP contribution in [0.3, 0.4) is 0 Å². The lowest BCUT2D eigenvalue weighted by Gasteiger charge is -2.46. The summed E-state index contributed by atoms with van der Waals surface area (Å²) in [7, 11) is 0. The molecule has 2 amide bonds. The Hall–Kier alpha value is -1.61. The molecule has 0 radical (unpaired) electrons. The van der Waals surface area contributed by atoms with E-state index in [1.165, 1.54) is 0 Å². The molecule has 2 fully saturated rings. The van der Waals surface area contributed by atoms with E-state index in [2.05, 4.69) is 43.2 Å². The van der Waals surface area contributed by atoms with E-state index >= 15 is 0 Å². The van der Waals surface area contributed by atoms with Crippen LogP contribution in [0.4, 0.5) is 4.79 Å². The van der Waals surface area contributed by atoms with Gasteiger partial charge in [-0.2, -0.15) is 0 Å². The van der Waals surface area contributed by atoms with Gasteiger partial charge in [0.1, 0.15) is 0 Å². The van der Waals surface area contributed by atoms with Crippen LogP contribution in [0, 0.1) is 22.7 Å². The van der Waals surface area contributed by atoms with Crippen LogP contribution in [-0.2, 0) is 4.79 Å². The molecule has 138 valence electrons. The van der Waals surface area contributed by atoms with Crippen LogP contribution in [0.5, 0.6) is 0 Å². The molecule has 3 rings (SSSR count). The van der Waals surface area contributed by atoms with Crippen molar-refractivity contribution in [2.24, 2.45) is 27.7 Å². The highest BCUT2D eigenvalue weighted by Crippen LogP contribution is 2.46. The maximum Gasteiger partial charge on any atom is 0.317 e. The number of carbonyl (C=O) groups excluding carboxylic acids is 2. The van der Waals surface area contributed by atoms with Crippen molar-refractivity contribution < 1.29 is 9.59 Å². The Balaban J connectivity index is 1.61. The number of fused-ring (bicyclic) bond motifs is 1. The van der Waals surface area contributed by atoms with Crippen LogP contribution in [0.25, 0.3) is 0 Å². The molecule has 0 bridgehead atoms. The van der Waals surface area contributed by atoms with Crippen molar-refractivity contribution in [2.45, 2.75) is 58.9 Å². The van der Waals surface area contributed by atoms with Gasteiger partial charge in [-0.1, -0.05) is 32.9 Å². The molecule has 3 aliphatic rings. The number of urea groups is 1. The lowest BCUT2D eigenvalue weighted by atomic mass is 9.62. The number of amides is 2. The van der Waals surface area contributed by atoms with E-state index in [1.54, 1.807) is 6.08 Å². The molecule has 0 aromatic heterocycles. The maximum absolute atomic E-state index is 12.8. The average molecular weight is 345 g/mol. The van der Waals surface area contributed by atoms with Gasteiger partial charge < -0.3 is 10.2 Å². The number of nitrogens with one attached hydrogen (secondary N) is 1. The molecule has 5 heteroatoms. The summed E-state index contributed by atoms with van der Waals surface area (Å²) in [5.41, 5.74) is 0.0757.